The molecule has 3 aromatic rings. The Labute approximate surface area is 231 Å². The van der Waals surface area contributed by atoms with Gasteiger partial charge in [0.2, 0.25) is 11.9 Å². The standard InChI is InChI=1S/C28H30ClN7O3/c1-16-5-4-6-18(9-16)24(15-37)34-26(38)17(2)36-14-20-8-7-19(10-22(20)27(36)39)25-23(29)13-32-28(35-25)33-21(11-30)12-31-3/h4-13,17,24,37H,14-15,30H2,1-3H3,(H,34,38)(H,32,33,35)/t17-,24-/m1/s1. The molecule has 1 aliphatic heterocycles. The number of anilines is 1. The summed E-state index contributed by atoms with van der Waals surface area (Å²) < 4.78 is 0. The lowest BCUT2D eigenvalue weighted by molar-refractivity contribution is -0.126. The molecule has 11 heteroatoms. The van der Waals surface area contributed by atoms with E-state index in [0.29, 0.717) is 27.5 Å². The molecule has 0 radical (unpaired) electrons. The van der Waals surface area contributed by atoms with Crippen LogP contribution >= 0.6 is 11.6 Å². The van der Waals surface area contributed by atoms with E-state index in [4.69, 9.17) is 17.3 Å². The van der Waals surface area contributed by atoms with Crippen LogP contribution in [0.15, 0.2) is 65.6 Å². The van der Waals surface area contributed by atoms with E-state index in [1.807, 2.05) is 43.3 Å². The maximum Gasteiger partial charge on any atom is 0.255 e. The number of carbonyl (C=O) groups excluding carboxylic acids is 2. The molecule has 202 valence electrons. The molecule has 0 aliphatic carbocycles. The molecule has 1 aliphatic rings. The molecule has 10 nitrogen and oxygen atoms in total. The first-order valence-corrected chi connectivity index (χ1v) is 12.7. The number of carbonyl (C=O) groups is 2. The molecule has 0 unspecified atom stereocenters. The fraction of sp³-hybridized carbons (Fsp3) is 0.250. The SMILES string of the molecule is CN=CC(=CN)Nc1ncc(Cl)c(-c2ccc3c(c2)C(=O)N([C@H](C)C(=O)N[C@H](CO)c2cccc(C)c2)C3)n1. The van der Waals surface area contributed by atoms with E-state index < -0.39 is 12.1 Å². The summed E-state index contributed by atoms with van der Waals surface area (Å²) in [7, 11) is 1.61. The van der Waals surface area contributed by atoms with Crippen LogP contribution in [-0.4, -0.2) is 57.7 Å². The number of rotatable bonds is 9. The van der Waals surface area contributed by atoms with Crippen molar-refractivity contribution in [3.63, 3.8) is 0 Å². The molecule has 0 bridgehead atoms. The van der Waals surface area contributed by atoms with Gasteiger partial charge in [-0.15, -0.1) is 0 Å². The van der Waals surface area contributed by atoms with Crippen molar-refractivity contribution in [1.29, 1.82) is 0 Å². The first-order valence-electron chi connectivity index (χ1n) is 12.3. The van der Waals surface area contributed by atoms with E-state index in [9.17, 15) is 14.7 Å². The molecule has 2 aromatic carbocycles. The molecule has 0 saturated carbocycles. The molecule has 1 aromatic heterocycles. The first-order chi connectivity index (χ1) is 18.7. The predicted octanol–water partition coefficient (Wildman–Crippen LogP) is 3.21. The lowest BCUT2D eigenvalue weighted by atomic mass is 10.0. The third-order valence-corrected chi connectivity index (χ3v) is 6.73. The summed E-state index contributed by atoms with van der Waals surface area (Å²) in [6.45, 7) is 3.64. The topological polar surface area (TPSA) is 146 Å². The Morgan fingerprint density at radius 1 is 1.31 bits per heavy atom. The fourth-order valence-corrected chi connectivity index (χ4v) is 4.55. The second kappa shape index (κ2) is 12.1. The van der Waals surface area contributed by atoms with Crippen molar-refractivity contribution in [3.8, 4) is 11.3 Å². The Bertz CT molecular complexity index is 1460. The van der Waals surface area contributed by atoms with Crippen LogP contribution in [0.3, 0.4) is 0 Å². The zero-order valence-corrected chi connectivity index (χ0v) is 22.6. The van der Waals surface area contributed by atoms with Gasteiger partial charge >= 0.3 is 0 Å². The number of hydrogen-bond acceptors (Lipinski definition) is 8. The number of aliphatic hydroxyl groups excluding tert-OH is 1. The van der Waals surface area contributed by atoms with Gasteiger partial charge in [0.25, 0.3) is 5.91 Å². The van der Waals surface area contributed by atoms with E-state index in [-0.39, 0.29) is 30.9 Å². The summed E-state index contributed by atoms with van der Waals surface area (Å²) in [4.78, 5) is 40.6. The molecule has 39 heavy (non-hydrogen) atoms. The number of nitrogens with one attached hydrogen (secondary N) is 2. The maximum atomic E-state index is 13.4. The van der Waals surface area contributed by atoms with Crippen LogP contribution in [0, 0.1) is 6.92 Å². The Morgan fingerprint density at radius 3 is 2.79 bits per heavy atom. The van der Waals surface area contributed by atoms with Gasteiger partial charge in [0.1, 0.15) is 6.04 Å². The highest BCUT2D eigenvalue weighted by Gasteiger charge is 2.35. The monoisotopic (exact) mass is 547 g/mol. The number of allylic oxidation sites excluding steroid dienone is 1. The molecule has 2 heterocycles. The quantitative estimate of drug-likeness (QED) is 0.301. The van der Waals surface area contributed by atoms with Crippen molar-refractivity contribution in [2.75, 3.05) is 19.0 Å². The van der Waals surface area contributed by atoms with Gasteiger partial charge in [-0.1, -0.05) is 53.6 Å². The lowest BCUT2D eigenvalue weighted by Crippen LogP contribution is -2.46. The molecule has 5 N–H and O–H groups in total. The second-order valence-electron chi connectivity index (χ2n) is 9.16. The van der Waals surface area contributed by atoms with Gasteiger partial charge in [-0.3, -0.25) is 14.6 Å². The van der Waals surface area contributed by atoms with E-state index in [2.05, 4.69) is 25.6 Å². The van der Waals surface area contributed by atoms with Crippen molar-refractivity contribution < 1.29 is 14.7 Å². The third kappa shape index (κ3) is 6.08. The number of aromatic nitrogens is 2. The van der Waals surface area contributed by atoms with Gasteiger partial charge in [0.15, 0.2) is 0 Å². The second-order valence-corrected chi connectivity index (χ2v) is 9.57. The van der Waals surface area contributed by atoms with Crippen molar-refractivity contribution >= 4 is 35.6 Å². The van der Waals surface area contributed by atoms with Crippen LogP contribution in [0.25, 0.3) is 11.3 Å². The Kier molecular flexibility index (Phi) is 8.58. The molecule has 2 atom stereocenters. The number of hydrogen-bond donors (Lipinski definition) is 4. The number of nitrogens with zero attached hydrogens (tertiary/aromatic N) is 4. The van der Waals surface area contributed by atoms with Gasteiger partial charge in [-0.2, -0.15) is 0 Å². The van der Waals surface area contributed by atoms with Gasteiger partial charge < -0.3 is 26.4 Å². The van der Waals surface area contributed by atoms with Gasteiger partial charge in [-0.05, 0) is 31.0 Å². The Morgan fingerprint density at radius 2 is 2.10 bits per heavy atom. The van der Waals surface area contributed by atoms with E-state index in [1.165, 1.54) is 23.5 Å². The van der Waals surface area contributed by atoms with Gasteiger partial charge in [-0.25, -0.2) is 9.97 Å². The average molecular weight is 548 g/mol. The predicted molar refractivity (Wildman–Crippen MR) is 151 cm³/mol. The zero-order chi connectivity index (χ0) is 28.1. The number of aliphatic hydroxyl groups is 1. The average Bonchev–Trinajstić information content (AvgIpc) is 3.27. The molecule has 0 spiro atoms. The zero-order valence-electron chi connectivity index (χ0n) is 21.9. The minimum absolute atomic E-state index is 0.260. The highest BCUT2D eigenvalue weighted by molar-refractivity contribution is 6.33. The van der Waals surface area contributed by atoms with Crippen LogP contribution in [0.4, 0.5) is 5.95 Å². The number of halogens is 1. The van der Waals surface area contributed by atoms with Crippen molar-refractivity contribution in [1.82, 2.24) is 20.2 Å². The molecular weight excluding hydrogens is 518 g/mol. The third-order valence-electron chi connectivity index (χ3n) is 6.45. The Hall–Kier alpha value is -4.28. The highest BCUT2D eigenvalue weighted by atomic mass is 35.5. The number of aryl methyl sites for hydroxylation is 1. The first kappa shape index (κ1) is 27.7. The van der Waals surface area contributed by atoms with Crippen LogP contribution in [0.2, 0.25) is 5.02 Å². The number of aliphatic imine (C=N–C) groups is 1. The minimum atomic E-state index is -0.757. The summed E-state index contributed by atoms with van der Waals surface area (Å²) in [6.07, 6.45) is 4.33. The highest BCUT2D eigenvalue weighted by Crippen LogP contribution is 2.32. The number of amides is 2. The van der Waals surface area contributed by atoms with Crippen LogP contribution in [0.1, 0.15) is 40.0 Å². The summed E-state index contributed by atoms with van der Waals surface area (Å²) in [5.74, 6) is -0.371. The lowest BCUT2D eigenvalue weighted by Gasteiger charge is -2.26. The minimum Gasteiger partial charge on any atom is -0.403 e. The molecule has 0 saturated heterocycles. The van der Waals surface area contributed by atoms with Crippen molar-refractivity contribution in [3.05, 3.63) is 87.8 Å². The molecular formula is C28H30ClN7O3. The fourth-order valence-electron chi connectivity index (χ4n) is 4.35. The summed E-state index contributed by atoms with van der Waals surface area (Å²) in [5, 5.41) is 16.0. The van der Waals surface area contributed by atoms with Gasteiger partial charge in [0, 0.05) is 37.1 Å². The van der Waals surface area contributed by atoms with E-state index >= 15 is 0 Å². The maximum absolute atomic E-state index is 13.4. The van der Waals surface area contributed by atoms with E-state index in [1.54, 1.807) is 20.0 Å². The normalized spacial score (nSPS) is 14.8. The molecule has 0 fully saturated rings. The molecule has 2 amide bonds. The van der Waals surface area contributed by atoms with Crippen LogP contribution < -0.4 is 16.4 Å². The number of benzene rings is 2. The van der Waals surface area contributed by atoms with Crippen LogP contribution in [0.5, 0.6) is 0 Å². The van der Waals surface area contributed by atoms with Crippen molar-refractivity contribution in [2.45, 2.75) is 32.5 Å². The van der Waals surface area contributed by atoms with Crippen LogP contribution in [-0.2, 0) is 11.3 Å². The van der Waals surface area contributed by atoms with E-state index in [0.717, 1.165) is 16.7 Å². The molecule has 4 rings (SSSR count). The summed E-state index contributed by atoms with van der Waals surface area (Å²) >= 11 is 6.41. The summed E-state index contributed by atoms with van der Waals surface area (Å²) in [6, 6.07) is 11.6. The summed E-state index contributed by atoms with van der Waals surface area (Å²) in [5.41, 5.74) is 10.2. The number of nitrogens with two attached hydrogens (primary N) is 1. The van der Waals surface area contributed by atoms with Gasteiger partial charge in [0.05, 0.1) is 35.3 Å². The largest absolute Gasteiger partial charge is 0.403 e. The number of fused-ring (bicyclic) bond motifs is 1. The van der Waals surface area contributed by atoms with Crippen molar-refractivity contribution in [2.24, 2.45) is 10.7 Å². The Balaban J connectivity index is 1.53. The smallest absolute Gasteiger partial charge is 0.255 e.